The van der Waals surface area contributed by atoms with Crippen LogP contribution in [0.15, 0.2) is 69.4 Å². The Labute approximate surface area is 310 Å². The molecule has 0 amide bonds. The third kappa shape index (κ3) is 7.46. The summed E-state index contributed by atoms with van der Waals surface area (Å²) in [5.74, 6) is 6.09. The van der Waals surface area contributed by atoms with Crippen LogP contribution in [0.3, 0.4) is 0 Å². The van der Waals surface area contributed by atoms with Crippen molar-refractivity contribution in [1.82, 2.24) is 0 Å². The summed E-state index contributed by atoms with van der Waals surface area (Å²) in [4.78, 5) is 26.2. The molecule has 52 heavy (non-hydrogen) atoms. The van der Waals surface area contributed by atoms with Crippen LogP contribution in [-0.2, 0) is 9.53 Å². The quantitative estimate of drug-likeness (QED) is 0.146. The zero-order valence-electron chi connectivity index (χ0n) is 32.4. The maximum atomic E-state index is 13.2. The van der Waals surface area contributed by atoms with Crippen molar-refractivity contribution in [3.8, 4) is 17.2 Å². The normalized spacial score (nSPS) is 30.4. The molecule has 1 aromatic heterocycles. The Bertz CT molecular complexity index is 1820. The highest BCUT2D eigenvalue weighted by molar-refractivity contribution is 5.80. The Morgan fingerprint density at radius 2 is 1.75 bits per heavy atom. The number of hydrogen-bond donors (Lipinski definition) is 0. The average molecular weight is 709 g/mol. The summed E-state index contributed by atoms with van der Waals surface area (Å²) in [7, 11) is 0. The number of rotatable bonds is 11. The Hall–Kier alpha value is -3.54. The lowest BCUT2D eigenvalue weighted by Crippen LogP contribution is -2.52. The Morgan fingerprint density at radius 3 is 2.54 bits per heavy atom. The van der Waals surface area contributed by atoms with Gasteiger partial charge in [-0.25, -0.2) is 4.79 Å². The van der Waals surface area contributed by atoms with Gasteiger partial charge in [0.2, 0.25) is 11.2 Å². The summed E-state index contributed by atoms with van der Waals surface area (Å²) in [6.07, 6.45) is 17.5. The predicted octanol–water partition coefficient (Wildman–Crippen LogP) is 11.6. The second-order valence-corrected chi connectivity index (χ2v) is 17.8. The highest BCUT2D eigenvalue weighted by atomic mass is 16.6. The van der Waals surface area contributed by atoms with Crippen molar-refractivity contribution in [2.24, 2.45) is 46.3 Å². The number of allylic oxidation sites excluding steroid dienone is 1. The maximum Gasteiger partial charge on any atom is 0.344 e. The van der Waals surface area contributed by atoms with Crippen LogP contribution in [0.1, 0.15) is 117 Å². The van der Waals surface area contributed by atoms with E-state index in [0.29, 0.717) is 33.6 Å². The molecule has 4 aliphatic carbocycles. The summed E-state index contributed by atoms with van der Waals surface area (Å²) in [5.41, 5.74) is 2.34. The number of carbonyl (C=O) groups excluding carboxylic acids is 1. The van der Waals surface area contributed by atoms with Crippen LogP contribution >= 0.6 is 0 Å². The summed E-state index contributed by atoms with van der Waals surface area (Å²) < 4.78 is 23.7. The number of carbonyl (C=O) groups is 1. The van der Waals surface area contributed by atoms with E-state index in [1.165, 1.54) is 63.4 Å². The van der Waals surface area contributed by atoms with Gasteiger partial charge in [0.05, 0.1) is 5.39 Å². The zero-order valence-corrected chi connectivity index (χ0v) is 32.4. The first-order chi connectivity index (χ1) is 24.9. The Balaban J connectivity index is 0.933. The molecule has 0 aliphatic heterocycles. The molecule has 280 valence electrons. The van der Waals surface area contributed by atoms with Crippen LogP contribution in [0.2, 0.25) is 0 Å². The van der Waals surface area contributed by atoms with Crippen molar-refractivity contribution < 1.29 is 23.4 Å². The summed E-state index contributed by atoms with van der Waals surface area (Å²) in [6.45, 7) is 13.9. The van der Waals surface area contributed by atoms with E-state index in [1.54, 1.807) is 37.3 Å². The number of ether oxygens (including phenoxy) is 3. The van der Waals surface area contributed by atoms with Gasteiger partial charge in [-0.1, -0.05) is 83.7 Å². The van der Waals surface area contributed by atoms with Gasteiger partial charge in [0.25, 0.3) is 0 Å². The number of esters is 1. The minimum absolute atomic E-state index is 0.117. The third-order valence-electron chi connectivity index (χ3n) is 14.0. The Morgan fingerprint density at radius 1 is 0.942 bits per heavy atom. The molecule has 2 aromatic carbocycles. The molecule has 6 heteroatoms. The van der Waals surface area contributed by atoms with Crippen LogP contribution < -0.4 is 14.9 Å². The van der Waals surface area contributed by atoms with Crippen LogP contribution in [0.4, 0.5) is 0 Å². The van der Waals surface area contributed by atoms with Crippen molar-refractivity contribution in [3.05, 3.63) is 76.2 Å². The van der Waals surface area contributed by atoms with Gasteiger partial charge < -0.3 is 18.6 Å². The molecule has 0 radical (unpaired) electrons. The van der Waals surface area contributed by atoms with Crippen molar-refractivity contribution in [2.45, 2.75) is 125 Å². The molecular formula is C46H60O6. The first kappa shape index (κ1) is 36.8. The first-order valence-electron chi connectivity index (χ1n) is 20.3. The number of hydrogen-bond acceptors (Lipinski definition) is 6. The van der Waals surface area contributed by atoms with Crippen molar-refractivity contribution >= 4 is 16.9 Å². The van der Waals surface area contributed by atoms with E-state index in [0.717, 1.165) is 54.8 Å². The fraction of sp³-hybridized carbons (Fsp3) is 0.609. The summed E-state index contributed by atoms with van der Waals surface area (Å²) in [6, 6.07) is 14.1. The highest BCUT2D eigenvalue weighted by Gasteiger charge is 2.56. The average Bonchev–Trinajstić information content (AvgIpc) is 3.12. The lowest BCUT2D eigenvalue weighted by molar-refractivity contribution is -0.154. The molecule has 0 unspecified atom stereocenters. The SMILES string of the molecule is Cc1oc2cc(OCC(=O)O[C@@H]3CC[C@@]4(C)C(=CC[C@H]5[C@H]6CC[C@@H]([C@@H](C)CCCC(C)C)C[C@@]6(C)CC[C@H]54)C3)ccc2c(=O)c1Oc1ccccc1. The van der Waals surface area contributed by atoms with Crippen LogP contribution in [0.5, 0.6) is 17.2 Å². The fourth-order valence-electron chi connectivity index (χ4n) is 11.0. The van der Waals surface area contributed by atoms with Gasteiger partial charge >= 0.3 is 5.97 Å². The van der Waals surface area contributed by atoms with Crippen LogP contribution in [0, 0.1) is 53.3 Å². The monoisotopic (exact) mass is 708 g/mol. The molecule has 0 N–H and O–H groups in total. The van der Waals surface area contributed by atoms with Crippen molar-refractivity contribution in [3.63, 3.8) is 0 Å². The lowest BCUT2D eigenvalue weighted by Gasteiger charge is -2.61. The lowest BCUT2D eigenvalue weighted by atomic mass is 9.44. The molecule has 8 atom stereocenters. The highest BCUT2D eigenvalue weighted by Crippen LogP contribution is 2.65. The first-order valence-corrected chi connectivity index (χ1v) is 20.3. The molecule has 1 heterocycles. The van der Waals surface area contributed by atoms with E-state index < -0.39 is 0 Å². The van der Waals surface area contributed by atoms with E-state index >= 15 is 0 Å². The topological polar surface area (TPSA) is 75.0 Å². The summed E-state index contributed by atoms with van der Waals surface area (Å²) in [5, 5.41) is 0.386. The minimum atomic E-state index is -0.365. The number of fused-ring (bicyclic) bond motifs is 6. The molecule has 7 rings (SSSR count). The van der Waals surface area contributed by atoms with Crippen molar-refractivity contribution in [1.29, 1.82) is 0 Å². The molecule has 4 aliphatic rings. The van der Waals surface area contributed by atoms with Gasteiger partial charge in [-0.2, -0.15) is 0 Å². The molecule has 3 aromatic rings. The zero-order chi connectivity index (χ0) is 36.6. The predicted molar refractivity (Wildman–Crippen MR) is 207 cm³/mol. The largest absolute Gasteiger partial charge is 0.482 e. The minimum Gasteiger partial charge on any atom is -0.482 e. The standard InChI is InChI=1S/C46H60O6/c1-29(2)11-10-12-30(3)32-15-20-39-37-18-16-33-25-36(21-24-46(33,6)40(37)22-23-45(39,5)27-32)51-42(47)28-49-35-17-19-38-41(26-35)50-31(4)44(43(38)48)52-34-13-8-7-9-14-34/h7-9,13-14,16-17,19,26,29-30,32,36-37,39-40H,10-12,15,18,20-25,27-28H2,1-6H3/t30-,32+,36+,37-,39+,40+,45+,46-/m0/s1. The second kappa shape index (κ2) is 15.1. The summed E-state index contributed by atoms with van der Waals surface area (Å²) >= 11 is 0. The van der Waals surface area contributed by atoms with Gasteiger partial charge in [0, 0.05) is 12.5 Å². The Kier molecular flexibility index (Phi) is 10.7. The number of aryl methyl sites for hydroxylation is 1. The number of benzene rings is 2. The van der Waals surface area contributed by atoms with Gasteiger partial charge in [-0.15, -0.1) is 0 Å². The fourth-order valence-corrected chi connectivity index (χ4v) is 11.0. The second-order valence-electron chi connectivity index (χ2n) is 17.8. The molecule has 0 bridgehead atoms. The van der Waals surface area contributed by atoms with Gasteiger partial charge in [0.15, 0.2) is 6.61 Å². The van der Waals surface area contributed by atoms with Crippen molar-refractivity contribution in [2.75, 3.05) is 6.61 Å². The van der Waals surface area contributed by atoms with Gasteiger partial charge in [-0.05, 0) is 129 Å². The molecule has 0 spiro atoms. The molecule has 3 fully saturated rings. The van der Waals surface area contributed by atoms with E-state index in [4.69, 9.17) is 18.6 Å². The molecule has 0 saturated heterocycles. The van der Waals surface area contributed by atoms with Gasteiger partial charge in [-0.3, -0.25) is 4.79 Å². The van der Waals surface area contributed by atoms with Gasteiger partial charge in [0.1, 0.15) is 28.9 Å². The van der Waals surface area contributed by atoms with Crippen LogP contribution in [0.25, 0.3) is 11.0 Å². The molecule has 6 nitrogen and oxygen atoms in total. The van der Waals surface area contributed by atoms with E-state index in [1.807, 2.05) is 18.2 Å². The smallest absolute Gasteiger partial charge is 0.344 e. The van der Waals surface area contributed by atoms with E-state index in [-0.39, 0.29) is 35.3 Å². The van der Waals surface area contributed by atoms with E-state index in [2.05, 4.69) is 40.7 Å². The third-order valence-corrected chi connectivity index (χ3v) is 14.0. The number of para-hydroxylation sites is 1. The van der Waals surface area contributed by atoms with Crippen LogP contribution in [-0.4, -0.2) is 18.7 Å². The molecular weight excluding hydrogens is 649 g/mol. The van der Waals surface area contributed by atoms with E-state index in [9.17, 15) is 9.59 Å². The molecule has 3 saturated carbocycles. The maximum absolute atomic E-state index is 13.2.